The third kappa shape index (κ3) is 5.53. The van der Waals surface area contributed by atoms with Gasteiger partial charge in [-0.1, -0.05) is 6.08 Å². The lowest BCUT2D eigenvalue weighted by Gasteiger charge is -2.10. The smallest absolute Gasteiger partial charge is 0.234 e. The van der Waals surface area contributed by atoms with Crippen LogP contribution in [0.15, 0.2) is 73.4 Å². The van der Waals surface area contributed by atoms with Crippen molar-refractivity contribution in [1.82, 2.24) is 34.4 Å². The molecule has 0 bridgehead atoms. The van der Waals surface area contributed by atoms with Crippen molar-refractivity contribution >= 4 is 28.7 Å². The van der Waals surface area contributed by atoms with Gasteiger partial charge in [0.05, 0.1) is 5.69 Å². The Kier molecular flexibility index (Phi) is 6.63. The van der Waals surface area contributed by atoms with E-state index in [-0.39, 0.29) is 0 Å². The zero-order valence-electron chi connectivity index (χ0n) is 20.1. The fraction of sp³-hybridized carbons (Fsp3) is 0.148. The molecular formula is C27H26N8O. The van der Waals surface area contributed by atoms with E-state index < -0.39 is 0 Å². The van der Waals surface area contributed by atoms with Crippen LogP contribution in [0.2, 0.25) is 0 Å². The zero-order chi connectivity index (χ0) is 24.9. The summed E-state index contributed by atoms with van der Waals surface area (Å²) in [5, 5.41) is 2.12. The predicted octanol–water partition coefficient (Wildman–Crippen LogP) is 3.97. The monoisotopic (exact) mass is 478 g/mol. The Bertz CT molecular complexity index is 1530. The van der Waals surface area contributed by atoms with Crippen LogP contribution in [0.4, 0.5) is 5.82 Å². The van der Waals surface area contributed by atoms with Crippen LogP contribution < -0.4 is 10.5 Å². The molecule has 0 saturated heterocycles. The molecule has 180 valence electrons. The highest BCUT2D eigenvalue weighted by molar-refractivity contribution is 5.84. The van der Waals surface area contributed by atoms with Gasteiger partial charge in [0.2, 0.25) is 5.95 Å². The lowest BCUT2D eigenvalue weighted by Crippen LogP contribution is -2.19. The maximum atomic E-state index is 5.87. The highest BCUT2D eigenvalue weighted by Gasteiger charge is 2.09. The quantitative estimate of drug-likeness (QED) is 0.357. The molecule has 0 radical (unpaired) electrons. The molecule has 4 heterocycles. The molecule has 0 atom stereocenters. The van der Waals surface area contributed by atoms with Crippen molar-refractivity contribution in [3.63, 3.8) is 0 Å². The molecule has 0 aliphatic rings. The number of ether oxygens (including phenoxy) is 1. The first-order valence-electron chi connectivity index (χ1n) is 11.5. The SMILES string of the molecule is CN(C)CCOc1ccc2cn(-c3nccc(-c4nccc(/C=C/c5ccnc(N)c5)n4)n3)cc2c1. The number of likely N-dealkylation sites (N-methyl/N-ethyl adjacent to an activating group) is 1. The fourth-order valence-electron chi connectivity index (χ4n) is 3.61. The first-order valence-corrected chi connectivity index (χ1v) is 11.5. The number of rotatable bonds is 8. The highest BCUT2D eigenvalue weighted by Crippen LogP contribution is 2.24. The van der Waals surface area contributed by atoms with Gasteiger partial charge in [0.1, 0.15) is 23.9 Å². The summed E-state index contributed by atoms with van der Waals surface area (Å²) in [6, 6.07) is 13.4. The molecule has 5 aromatic rings. The largest absolute Gasteiger partial charge is 0.492 e. The summed E-state index contributed by atoms with van der Waals surface area (Å²) in [6.45, 7) is 1.49. The van der Waals surface area contributed by atoms with Gasteiger partial charge in [0.25, 0.3) is 0 Å². The number of hydrogen-bond donors (Lipinski definition) is 1. The summed E-state index contributed by atoms with van der Waals surface area (Å²) in [5.74, 6) is 2.36. The number of pyridine rings is 1. The summed E-state index contributed by atoms with van der Waals surface area (Å²) < 4.78 is 7.77. The van der Waals surface area contributed by atoms with E-state index in [0.29, 0.717) is 29.9 Å². The molecule has 0 aliphatic carbocycles. The van der Waals surface area contributed by atoms with Crippen LogP contribution in [0.3, 0.4) is 0 Å². The van der Waals surface area contributed by atoms with E-state index in [2.05, 4.69) is 24.8 Å². The van der Waals surface area contributed by atoms with Gasteiger partial charge in [-0.25, -0.2) is 24.9 Å². The number of nitrogens with two attached hydrogens (primary N) is 1. The van der Waals surface area contributed by atoms with Gasteiger partial charge >= 0.3 is 0 Å². The molecule has 36 heavy (non-hydrogen) atoms. The van der Waals surface area contributed by atoms with Crippen LogP contribution in [0.5, 0.6) is 5.75 Å². The number of fused-ring (bicyclic) bond motifs is 1. The van der Waals surface area contributed by atoms with Crippen LogP contribution in [0.1, 0.15) is 11.3 Å². The second-order valence-corrected chi connectivity index (χ2v) is 8.50. The number of benzene rings is 1. The zero-order valence-corrected chi connectivity index (χ0v) is 20.1. The van der Waals surface area contributed by atoms with E-state index in [1.807, 2.05) is 73.5 Å². The van der Waals surface area contributed by atoms with E-state index in [1.54, 1.807) is 30.7 Å². The first kappa shape index (κ1) is 23.1. The molecular weight excluding hydrogens is 452 g/mol. The summed E-state index contributed by atoms with van der Waals surface area (Å²) in [6.07, 6.45) is 12.9. The average molecular weight is 479 g/mol. The standard InChI is InChI=1S/C27H26N8O/c1-34(2)13-14-36-23-6-4-20-17-35(18-21(20)16-23)27-31-12-9-24(33-27)26-30-11-8-22(32-26)5-3-19-7-10-29-25(28)15-19/h3-12,15-18H,13-14H2,1-2H3,(H2,28,29)/b5-3+. The van der Waals surface area contributed by atoms with Gasteiger partial charge in [0, 0.05) is 48.3 Å². The van der Waals surface area contributed by atoms with Crippen molar-refractivity contribution in [2.45, 2.75) is 0 Å². The maximum Gasteiger partial charge on any atom is 0.234 e. The summed E-state index contributed by atoms with van der Waals surface area (Å²) in [5.41, 5.74) is 8.09. The van der Waals surface area contributed by atoms with Gasteiger partial charge in [-0.15, -0.1) is 0 Å². The van der Waals surface area contributed by atoms with E-state index in [1.165, 1.54) is 0 Å². The second-order valence-electron chi connectivity index (χ2n) is 8.50. The van der Waals surface area contributed by atoms with Crippen molar-refractivity contribution in [3.05, 3.63) is 84.7 Å². The normalized spacial score (nSPS) is 11.5. The maximum absolute atomic E-state index is 5.87. The van der Waals surface area contributed by atoms with Gasteiger partial charge in [0.15, 0.2) is 5.82 Å². The molecule has 0 spiro atoms. The molecule has 0 fully saturated rings. The summed E-state index contributed by atoms with van der Waals surface area (Å²) in [7, 11) is 4.05. The van der Waals surface area contributed by atoms with Crippen LogP contribution in [-0.4, -0.2) is 61.6 Å². The van der Waals surface area contributed by atoms with Gasteiger partial charge in [-0.3, -0.25) is 4.57 Å². The minimum absolute atomic E-state index is 0.472. The van der Waals surface area contributed by atoms with Crippen LogP contribution >= 0.6 is 0 Å². The van der Waals surface area contributed by atoms with Crippen molar-refractivity contribution in [3.8, 4) is 23.2 Å². The number of hydrogen-bond acceptors (Lipinski definition) is 8. The van der Waals surface area contributed by atoms with Crippen molar-refractivity contribution in [2.24, 2.45) is 0 Å². The Morgan fingerprint density at radius 2 is 1.72 bits per heavy atom. The lowest BCUT2D eigenvalue weighted by molar-refractivity contribution is 0.261. The Labute approximate surface area is 209 Å². The topological polar surface area (TPSA) is 108 Å². The van der Waals surface area contributed by atoms with Gasteiger partial charge in [-0.2, -0.15) is 0 Å². The second kappa shape index (κ2) is 10.3. The number of anilines is 1. The van der Waals surface area contributed by atoms with Crippen molar-refractivity contribution in [2.75, 3.05) is 33.0 Å². The Balaban J connectivity index is 1.37. The highest BCUT2D eigenvalue weighted by atomic mass is 16.5. The molecule has 0 amide bonds. The van der Waals surface area contributed by atoms with Crippen LogP contribution in [-0.2, 0) is 0 Å². The van der Waals surface area contributed by atoms with Gasteiger partial charge < -0.3 is 15.4 Å². The predicted molar refractivity (Wildman–Crippen MR) is 142 cm³/mol. The number of nitrogen functional groups attached to an aromatic ring is 1. The minimum atomic E-state index is 0.472. The molecule has 2 N–H and O–H groups in total. The van der Waals surface area contributed by atoms with Gasteiger partial charge in [-0.05, 0) is 68.2 Å². The average Bonchev–Trinajstić information content (AvgIpc) is 3.31. The first-order chi connectivity index (χ1) is 17.5. The third-order valence-electron chi connectivity index (χ3n) is 5.45. The summed E-state index contributed by atoms with van der Waals surface area (Å²) in [4.78, 5) is 24.3. The number of aromatic nitrogens is 6. The molecule has 0 saturated carbocycles. The lowest BCUT2D eigenvalue weighted by atomic mass is 10.2. The number of nitrogens with zero attached hydrogens (tertiary/aromatic N) is 7. The van der Waals surface area contributed by atoms with E-state index in [4.69, 9.17) is 15.5 Å². The summed E-state index contributed by atoms with van der Waals surface area (Å²) >= 11 is 0. The molecule has 1 aromatic carbocycles. The van der Waals surface area contributed by atoms with E-state index in [0.717, 1.165) is 34.3 Å². The molecule has 9 nitrogen and oxygen atoms in total. The van der Waals surface area contributed by atoms with E-state index in [9.17, 15) is 0 Å². The Hall–Kier alpha value is -4.63. The minimum Gasteiger partial charge on any atom is -0.492 e. The van der Waals surface area contributed by atoms with Crippen LogP contribution in [0.25, 0.3) is 40.4 Å². The third-order valence-corrected chi connectivity index (χ3v) is 5.45. The molecule has 4 aromatic heterocycles. The van der Waals surface area contributed by atoms with Crippen LogP contribution in [0, 0.1) is 0 Å². The molecule has 9 heteroatoms. The van der Waals surface area contributed by atoms with Crippen molar-refractivity contribution in [1.29, 1.82) is 0 Å². The van der Waals surface area contributed by atoms with Crippen molar-refractivity contribution < 1.29 is 4.74 Å². The van der Waals surface area contributed by atoms with E-state index >= 15 is 0 Å². The molecule has 5 rings (SSSR count). The Morgan fingerprint density at radius 1 is 0.889 bits per heavy atom. The molecule has 0 unspecified atom stereocenters. The fourth-order valence-corrected chi connectivity index (χ4v) is 3.61. The molecule has 0 aliphatic heterocycles. The Morgan fingerprint density at radius 3 is 2.58 bits per heavy atom.